The van der Waals surface area contributed by atoms with Crippen LogP contribution in [0.2, 0.25) is 0 Å². The van der Waals surface area contributed by atoms with Crippen LogP contribution >= 0.6 is 11.8 Å². The van der Waals surface area contributed by atoms with Crippen molar-refractivity contribution in [2.45, 2.75) is 36.6 Å². The Morgan fingerprint density at radius 2 is 1.71 bits per heavy atom. The van der Waals surface area contributed by atoms with Crippen molar-refractivity contribution in [1.82, 2.24) is 15.1 Å². The molecular formula is C24H30N4O2S. The molecule has 1 unspecified atom stereocenters. The molecule has 164 valence electrons. The number of carbonyl (C=O) groups is 2. The summed E-state index contributed by atoms with van der Waals surface area (Å²) in [7, 11) is 0. The summed E-state index contributed by atoms with van der Waals surface area (Å²) < 4.78 is 0. The summed E-state index contributed by atoms with van der Waals surface area (Å²) in [6.07, 6.45) is 0.173. The van der Waals surface area contributed by atoms with Gasteiger partial charge in [-0.05, 0) is 29.8 Å². The molecule has 2 aliphatic rings. The molecule has 2 N–H and O–H groups in total. The molecule has 0 bridgehead atoms. The van der Waals surface area contributed by atoms with Crippen molar-refractivity contribution in [1.29, 1.82) is 0 Å². The second kappa shape index (κ2) is 10.3. The first kappa shape index (κ1) is 21.9. The van der Waals surface area contributed by atoms with E-state index in [-0.39, 0.29) is 18.2 Å². The zero-order valence-corrected chi connectivity index (χ0v) is 18.8. The number of piperazine rings is 1. The molecule has 6 nitrogen and oxygen atoms in total. The van der Waals surface area contributed by atoms with E-state index in [0.717, 1.165) is 55.4 Å². The number of hydrogen-bond acceptors (Lipinski definition) is 5. The highest BCUT2D eigenvalue weighted by Crippen LogP contribution is 2.36. The third-order valence-electron chi connectivity index (χ3n) is 5.98. The summed E-state index contributed by atoms with van der Waals surface area (Å²) in [4.78, 5) is 30.9. The van der Waals surface area contributed by atoms with Gasteiger partial charge in [0.2, 0.25) is 11.8 Å². The molecule has 2 aromatic rings. The van der Waals surface area contributed by atoms with E-state index in [2.05, 4.69) is 45.6 Å². The Morgan fingerprint density at radius 3 is 2.48 bits per heavy atom. The van der Waals surface area contributed by atoms with Gasteiger partial charge in [-0.2, -0.15) is 0 Å². The van der Waals surface area contributed by atoms with Crippen LogP contribution in [0, 0.1) is 0 Å². The maximum atomic E-state index is 12.6. The van der Waals surface area contributed by atoms with Crippen LogP contribution in [-0.4, -0.2) is 59.6 Å². The molecule has 2 amide bonds. The Balaban J connectivity index is 1.30. The Bertz CT molecular complexity index is 927. The number of likely N-dealkylation sites (N-methyl/N-ethyl adjacent to an activating group) is 1. The van der Waals surface area contributed by atoms with Crippen LogP contribution in [0.15, 0.2) is 53.4 Å². The minimum atomic E-state index is -0.403. The lowest BCUT2D eigenvalue weighted by Gasteiger charge is -2.34. The molecule has 4 rings (SSSR count). The van der Waals surface area contributed by atoms with Gasteiger partial charge in [0.05, 0.1) is 10.9 Å². The van der Waals surface area contributed by atoms with Gasteiger partial charge in [-0.15, -0.1) is 11.8 Å². The number of thioether (sulfide) groups is 1. The van der Waals surface area contributed by atoms with Crippen molar-refractivity contribution in [3.05, 3.63) is 59.7 Å². The molecular weight excluding hydrogens is 408 g/mol. The lowest BCUT2D eigenvalue weighted by Crippen LogP contribution is -2.45. The van der Waals surface area contributed by atoms with Crippen LogP contribution < -0.4 is 10.6 Å². The predicted octanol–water partition coefficient (Wildman–Crippen LogP) is 2.94. The number of nitrogens with zero attached hydrogens (tertiary/aromatic N) is 2. The van der Waals surface area contributed by atoms with E-state index in [1.165, 1.54) is 17.3 Å². The van der Waals surface area contributed by atoms with Crippen LogP contribution in [0.25, 0.3) is 0 Å². The van der Waals surface area contributed by atoms with E-state index >= 15 is 0 Å². The van der Waals surface area contributed by atoms with Gasteiger partial charge in [0.25, 0.3) is 0 Å². The number of hydrogen-bond donors (Lipinski definition) is 2. The average molecular weight is 439 g/mol. The summed E-state index contributed by atoms with van der Waals surface area (Å²) in [6, 6.07) is 16.0. The Kier molecular flexibility index (Phi) is 7.27. The van der Waals surface area contributed by atoms with Crippen molar-refractivity contribution in [2.75, 3.05) is 38.0 Å². The zero-order chi connectivity index (χ0) is 21.6. The molecule has 0 saturated carbocycles. The molecule has 1 fully saturated rings. The van der Waals surface area contributed by atoms with Gasteiger partial charge in [0.15, 0.2) is 0 Å². The molecule has 0 aromatic heterocycles. The maximum absolute atomic E-state index is 12.6. The summed E-state index contributed by atoms with van der Waals surface area (Å²) >= 11 is 1.46. The predicted molar refractivity (Wildman–Crippen MR) is 125 cm³/mol. The zero-order valence-electron chi connectivity index (χ0n) is 18.0. The molecule has 31 heavy (non-hydrogen) atoms. The number of amides is 2. The fourth-order valence-corrected chi connectivity index (χ4v) is 5.16. The standard InChI is InChI=1S/C24H30N4O2S/c1-2-27-11-13-28(14-12-27)17-19-8-4-3-7-18(19)16-25-23(29)15-22-24(30)26-20-9-5-6-10-21(20)31-22/h3-10,22H,2,11-17H2,1H3,(H,25,29)(H,26,30). The first-order valence-electron chi connectivity index (χ1n) is 11.0. The van der Waals surface area contributed by atoms with Crippen molar-refractivity contribution >= 4 is 29.3 Å². The van der Waals surface area contributed by atoms with Crippen molar-refractivity contribution in [2.24, 2.45) is 0 Å². The molecule has 0 aliphatic carbocycles. The number of rotatable bonds is 7. The lowest BCUT2D eigenvalue weighted by atomic mass is 10.1. The van der Waals surface area contributed by atoms with E-state index in [1.807, 2.05) is 30.3 Å². The minimum Gasteiger partial charge on any atom is -0.352 e. The highest BCUT2D eigenvalue weighted by molar-refractivity contribution is 8.01. The van der Waals surface area contributed by atoms with Gasteiger partial charge in [-0.25, -0.2) is 0 Å². The average Bonchev–Trinajstić information content (AvgIpc) is 2.79. The Morgan fingerprint density at radius 1 is 1.03 bits per heavy atom. The van der Waals surface area contributed by atoms with Crippen molar-refractivity contribution in [3.8, 4) is 0 Å². The van der Waals surface area contributed by atoms with Gasteiger partial charge in [-0.1, -0.05) is 43.3 Å². The number of benzene rings is 2. The first-order valence-corrected chi connectivity index (χ1v) is 11.8. The number of anilines is 1. The van der Waals surface area contributed by atoms with Gasteiger partial charge >= 0.3 is 0 Å². The monoisotopic (exact) mass is 438 g/mol. The summed E-state index contributed by atoms with van der Waals surface area (Å²) in [5, 5.41) is 5.53. The van der Waals surface area contributed by atoms with E-state index in [1.54, 1.807) is 0 Å². The molecule has 2 aromatic carbocycles. The fraction of sp³-hybridized carbons (Fsp3) is 0.417. The SMILES string of the molecule is CCN1CCN(Cc2ccccc2CNC(=O)CC2Sc3ccccc3NC2=O)CC1. The molecule has 1 atom stereocenters. The second-order valence-electron chi connectivity index (χ2n) is 8.05. The first-order chi connectivity index (χ1) is 15.1. The molecule has 1 saturated heterocycles. The second-order valence-corrected chi connectivity index (χ2v) is 9.30. The van der Waals surface area contributed by atoms with Gasteiger partial charge in [0.1, 0.15) is 0 Å². The van der Waals surface area contributed by atoms with Crippen LogP contribution in [0.1, 0.15) is 24.5 Å². The molecule has 7 heteroatoms. The minimum absolute atomic E-state index is 0.0987. The number of carbonyl (C=O) groups excluding carboxylic acids is 2. The topological polar surface area (TPSA) is 64.7 Å². The van der Waals surface area contributed by atoms with Crippen molar-refractivity contribution < 1.29 is 9.59 Å². The maximum Gasteiger partial charge on any atom is 0.238 e. The molecule has 0 radical (unpaired) electrons. The quantitative estimate of drug-likeness (QED) is 0.696. The Labute approximate surface area is 188 Å². The van der Waals surface area contributed by atoms with Crippen molar-refractivity contribution in [3.63, 3.8) is 0 Å². The van der Waals surface area contributed by atoms with Crippen LogP contribution in [0.5, 0.6) is 0 Å². The highest BCUT2D eigenvalue weighted by atomic mass is 32.2. The number of nitrogens with one attached hydrogen (secondary N) is 2. The number of fused-ring (bicyclic) bond motifs is 1. The number of para-hydroxylation sites is 1. The summed E-state index contributed by atoms with van der Waals surface area (Å²) in [6.45, 7) is 9.08. The lowest BCUT2D eigenvalue weighted by molar-refractivity contribution is -0.124. The van der Waals surface area contributed by atoms with Gasteiger partial charge in [0, 0.05) is 50.6 Å². The van der Waals surface area contributed by atoms with E-state index in [0.29, 0.717) is 6.54 Å². The Hall–Kier alpha value is -2.35. The van der Waals surface area contributed by atoms with Crippen LogP contribution in [0.3, 0.4) is 0 Å². The summed E-state index contributed by atoms with van der Waals surface area (Å²) in [5.74, 6) is -0.205. The molecule has 2 aliphatic heterocycles. The van der Waals surface area contributed by atoms with Gasteiger partial charge < -0.3 is 15.5 Å². The molecule has 0 spiro atoms. The highest BCUT2D eigenvalue weighted by Gasteiger charge is 2.28. The van der Waals surface area contributed by atoms with E-state index < -0.39 is 5.25 Å². The third-order valence-corrected chi connectivity index (χ3v) is 7.25. The van der Waals surface area contributed by atoms with Crippen LogP contribution in [-0.2, 0) is 22.7 Å². The summed E-state index contributed by atoms with van der Waals surface area (Å²) in [5.41, 5.74) is 3.22. The molecule has 2 heterocycles. The third kappa shape index (κ3) is 5.67. The van der Waals surface area contributed by atoms with Gasteiger partial charge in [-0.3, -0.25) is 14.5 Å². The normalized spacial score (nSPS) is 19.5. The smallest absolute Gasteiger partial charge is 0.238 e. The fourth-order valence-electron chi connectivity index (χ4n) is 4.05. The van der Waals surface area contributed by atoms with E-state index in [4.69, 9.17) is 0 Å². The van der Waals surface area contributed by atoms with E-state index in [9.17, 15) is 9.59 Å². The van der Waals surface area contributed by atoms with Crippen LogP contribution in [0.4, 0.5) is 5.69 Å². The largest absolute Gasteiger partial charge is 0.352 e.